The van der Waals surface area contributed by atoms with Crippen molar-refractivity contribution in [1.29, 1.82) is 0 Å². The Morgan fingerprint density at radius 2 is 2.53 bits per heavy atom. The summed E-state index contributed by atoms with van der Waals surface area (Å²) in [5, 5.41) is 5.34. The molecule has 2 nitrogen and oxygen atoms in total. The molecule has 0 radical (unpaired) electrons. The zero-order chi connectivity index (χ0) is 10.7. The van der Waals surface area contributed by atoms with Crippen molar-refractivity contribution in [3.05, 3.63) is 22.4 Å². The molecule has 0 saturated carbocycles. The smallest absolute Gasteiger partial charge is 0.140 e. The predicted octanol–water partition coefficient (Wildman–Crippen LogP) is 2.25. The minimum atomic E-state index is -0.0999. The number of aryl methyl sites for hydroxylation is 1. The molecule has 3 heteroatoms. The first-order valence-corrected chi connectivity index (χ1v) is 6.35. The summed E-state index contributed by atoms with van der Waals surface area (Å²) >= 11 is 1.74. The van der Waals surface area contributed by atoms with E-state index < -0.39 is 0 Å². The quantitative estimate of drug-likeness (QED) is 0.848. The van der Waals surface area contributed by atoms with Crippen LogP contribution in [0.4, 0.5) is 0 Å². The molecule has 1 aromatic rings. The molecular weight excluding hydrogens is 206 g/mol. The fourth-order valence-corrected chi connectivity index (χ4v) is 2.76. The zero-order valence-corrected chi connectivity index (χ0v) is 9.90. The molecular formula is C12H17NOS. The van der Waals surface area contributed by atoms with Gasteiger partial charge in [-0.15, -0.1) is 11.3 Å². The summed E-state index contributed by atoms with van der Waals surface area (Å²) in [5.74, 6) is 0.418. The number of Topliss-reactive ketones (excluding diaryl/α,β-unsaturated/α-hetero) is 1. The van der Waals surface area contributed by atoms with Gasteiger partial charge in [-0.05, 0) is 30.8 Å². The van der Waals surface area contributed by atoms with E-state index in [4.69, 9.17) is 0 Å². The Labute approximate surface area is 94.7 Å². The van der Waals surface area contributed by atoms with Crippen molar-refractivity contribution < 1.29 is 4.79 Å². The van der Waals surface area contributed by atoms with E-state index in [2.05, 4.69) is 23.7 Å². The Hall–Kier alpha value is -0.670. The molecule has 2 heterocycles. The van der Waals surface area contributed by atoms with Gasteiger partial charge < -0.3 is 5.32 Å². The molecule has 0 aliphatic carbocycles. The van der Waals surface area contributed by atoms with Gasteiger partial charge in [-0.1, -0.05) is 13.0 Å². The standard InChI is InChI=1S/C12H17NOS/c1-12(6-7-13-9-12)11(14)5-4-10-3-2-8-15-10/h2-3,8,13H,4-7,9H2,1H3. The Bertz CT molecular complexity index is 325. The first-order valence-electron chi connectivity index (χ1n) is 5.47. The molecule has 15 heavy (non-hydrogen) atoms. The second-order valence-corrected chi connectivity index (χ2v) is 5.52. The van der Waals surface area contributed by atoms with Crippen LogP contribution in [-0.4, -0.2) is 18.9 Å². The van der Waals surface area contributed by atoms with Crippen molar-refractivity contribution in [2.75, 3.05) is 13.1 Å². The fraction of sp³-hybridized carbons (Fsp3) is 0.583. The van der Waals surface area contributed by atoms with E-state index >= 15 is 0 Å². The molecule has 0 bridgehead atoms. The van der Waals surface area contributed by atoms with Crippen LogP contribution >= 0.6 is 11.3 Å². The second-order valence-electron chi connectivity index (χ2n) is 4.49. The maximum absolute atomic E-state index is 12.0. The largest absolute Gasteiger partial charge is 0.316 e. The number of carbonyl (C=O) groups is 1. The highest BCUT2D eigenvalue weighted by atomic mass is 32.1. The fourth-order valence-electron chi connectivity index (χ4n) is 2.05. The second kappa shape index (κ2) is 4.45. The maximum Gasteiger partial charge on any atom is 0.140 e. The van der Waals surface area contributed by atoms with Gasteiger partial charge in [0.1, 0.15) is 5.78 Å². The lowest BCUT2D eigenvalue weighted by Gasteiger charge is -2.20. The van der Waals surface area contributed by atoms with Crippen LogP contribution in [0.15, 0.2) is 17.5 Å². The first kappa shape index (κ1) is 10.8. The molecule has 1 N–H and O–H groups in total. The van der Waals surface area contributed by atoms with E-state index in [1.807, 2.05) is 6.07 Å². The SMILES string of the molecule is CC1(C(=O)CCc2cccs2)CCNC1. The zero-order valence-electron chi connectivity index (χ0n) is 9.08. The van der Waals surface area contributed by atoms with Crippen LogP contribution in [0.3, 0.4) is 0 Å². The van der Waals surface area contributed by atoms with Crippen LogP contribution in [0.5, 0.6) is 0 Å². The van der Waals surface area contributed by atoms with Crippen molar-refractivity contribution in [3.63, 3.8) is 0 Å². The third-order valence-corrected chi connectivity index (χ3v) is 4.16. The molecule has 1 saturated heterocycles. The molecule has 1 aromatic heterocycles. The van der Waals surface area contributed by atoms with Gasteiger partial charge in [0.2, 0.25) is 0 Å². The van der Waals surface area contributed by atoms with Crippen molar-refractivity contribution in [1.82, 2.24) is 5.32 Å². The van der Waals surface area contributed by atoms with Crippen LogP contribution in [0.25, 0.3) is 0 Å². The number of rotatable bonds is 4. The van der Waals surface area contributed by atoms with E-state index in [0.29, 0.717) is 12.2 Å². The van der Waals surface area contributed by atoms with Gasteiger partial charge in [0, 0.05) is 23.3 Å². The molecule has 1 unspecified atom stereocenters. The minimum Gasteiger partial charge on any atom is -0.316 e. The molecule has 1 aliphatic heterocycles. The molecule has 1 aliphatic rings. The van der Waals surface area contributed by atoms with E-state index in [1.54, 1.807) is 11.3 Å². The van der Waals surface area contributed by atoms with Crippen molar-refractivity contribution >= 4 is 17.1 Å². The van der Waals surface area contributed by atoms with Crippen LogP contribution < -0.4 is 5.32 Å². The number of carbonyl (C=O) groups excluding carboxylic acids is 1. The summed E-state index contributed by atoms with van der Waals surface area (Å²) in [6.07, 6.45) is 2.60. The van der Waals surface area contributed by atoms with Crippen LogP contribution in [0, 0.1) is 5.41 Å². The lowest BCUT2D eigenvalue weighted by Crippen LogP contribution is -2.30. The number of hydrogen-bond donors (Lipinski definition) is 1. The third kappa shape index (κ3) is 2.47. The Kier molecular flexibility index (Phi) is 3.22. The lowest BCUT2D eigenvalue weighted by atomic mass is 9.83. The minimum absolute atomic E-state index is 0.0999. The van der Waals surface area contributed by atoms with Crippen molar-refractivity contribution in [2.24, 2.45) is 5.41 Å². The van der Waals surface area contributed by atoms with Gasteiger partial charge in [-0.25, -0.2) is 0 Å². The highest BCUT2D eigenvalue weighted by Crippen LogP contribution is 2.27. The average Bonchev–Trinajstić information content (AvgIpc) is 2.85. The Morgan fingerprint density at radius 1 is 1.67 bits per heavy atom. The Morgan fingerprint density at radius 3 is 3.13 bits per heavy atom. The molecule has 1 atom stereocenters. The normalized spacial score (nSPS) is 25.7. The van der Waals surface area contributed by atoms with Crippen LogP contribution in [-0.2, 0) is 11.2 Å². The number of ketones is 1. The van der Waals surface area contributed by atoms with E-state index in [0.717, 1.165) is 25.9 Å². The molecule has 2 rings (SSSR count). The molecule has 0 spiro atoms. The average molecular weight is 223 g/mol. The van der Waals surface area contributed by atoms with Crippen LogP contribution in [0.1, 0.15) is 24.6 Å². The third-order valence-electron chi connectivity index (χ3n) is 3.22. The summed E-state index contributed by atoms with van der Waals surface area (Å²) in [6, 6.07) is 4.15. The van der Waals surface area contributed by atoms with E-state index in [-0.39, 0.29) is 5.41 Å². The maximum atomic E-state index is 12.0. The number of nitrogens with one attached hydrogen (secondary N) is 1. The van der Waals surface area contributed by atoms with Crippen LogP contribution in [0.2, 0.25) is 0 Å². The van der Waals surface area contributed by atoms with Gasteiger partial charge in [-0.3, -0.25) is 4.79 Å². The summed E-state index contributed by atoms with van der Waals surface area (Å²) in [6.45, 7) is 3.93. The number of hydrogen-bond acceptors (Lipinski definition) is 3. The summed E-state index contributed by atoms with van der Waals surface area (Å²) < 4.78 is 0. The topological polar surface area (TPSA) is 29.1 Å². The van der Waals surface area contributed by atoms with Gasteiger partial charge in [-0.2, -0.15) is 0 Å². The first-order chi connectivity index (χ1) is 7.21. The van der Waals surface area contributed by atoms with Crippen molar-refractivity contribution in [2.45, 2.75) is 26.2 Å². The van der Waals surface area contributed by atoms with E-state index in [1.165, 1.54) is 4.88 Å². The highest BCUT2D eigenvalue weighted by Gasteiger charge is 2.35. The van der Waals surface area contributed by atoms with Gasteiger partial charge in [0.05, 0.1) is 0 Å². The van der Waals surface area contributed by atoms with Gasteiger partial charge in [0.25, 0.3) is 0 Å². The summed E-state index contributed by atoms with van der Waals surface area (Å²) in [5.41, 5.74) is -0.0999. The molecule has 82 valence electrons. The molecule has 0 aromatic carbocycles. The van der Waals surface area contributed by atoms with Gasteiger partial charge in [0.15, 0.2) is 0 Å². The highest BCUT2D eigenvalue weighted by molar-refractivity contribution is 7.09. The van der Waals surface area contributed by atoms with E-state index in [9.17, 15) is 4.79 Å². The summed E-state index contributed by atoms with van der Waals surface area (Å²) in [4.78, 5) is 13.3. The molecule has 0 amide bonds. The van der Waals surface area contributed by atoms with Gasteiger partial charge >= 0.3 is 0 Å². The summed E-state index contributed by atoms with van der Waals surface area (Å²) in [7, 11) is 0. The predicted molar refractivity (Wildman–Crippen MR) is 63.2 cm³/mol. The lowest BCUT2D eigenvalue weighted by molar-refractivity contribution is -0.126. The number of thiophene rings is 1. The molecule has 1 fully saturated rings. The van der Waals surface area contributed by atoms with Crippen molar-refractivity contribution in [3.8, 4) is 0 Å². The Balaban J connectivity index is 1.87. The monoisotopic (exact) mass is 223 g/mol.